The van der Waals surface area contributed by atoms with Gasteiger partial charge in [0.1, 0.15) is 9.23 Å². The van der Waals surface area contributed by atoms with E-state index in [1.165, 1.54) is 10.4 Å². The number of rotatable bonds is 4. The highest BCUT2D eigenvalue weighted by Gasteiger charge is 2.33. The molecule has 4 nitrogen and oxygen atoms in total. The first-order valence-corrected chi connectivity index (χ1v) is 9.49. The van der Waals surface area contributed by atoms with Crippen molar-refractivity contribution in [2.45, 2.75) is 30.7 Å². The molecule has 1 unspecified atom stereocenters. The minimum absolute atomic E-state index is 0.134. The van der Waals surface area contributed by atoms with E-state index >= 15 is 0 Å². The van der Waals surface area contributed by atoms with Crippen LogP contribution in [0.1, 0.15) is 19.8 Å². The molecule has 0 saturated carbocycles. The van der Waals surface area contributed by atoms with Crippen molar-refractivity contribution in [1.82, 2.24) is 9.62 Å². The van der Waals surface area contributed by atoms with Crippen LogP contribution in [0.15, 0.2) is 11.0 Å². The molecule has 20 heavy (non-hydrogen) atoms. The molecule has 1 aromatic rings. The van der Waals surface area contributed by atoms with E-state index in [4.69, 9.17) is 23.2 Å². The molecule has 8 heteroatoms. The topological polar surface area (TPSA) is 49.4 Å². The Hall–Kier alpha value is 0.150. The first-order valence-electron chi connectivity index (χ1n) is 6.48. The smallest absolute Gasteiger partial charge is 0.245 e. The minimum atomic E-state index is -3.52. The van der Waals surface area contributed by atoms with Gasteiger partial charge in [-0.05, 0) is 38.8 Å². The predicted molar refractivity (Wildman–Crippen MR) is 84.3 cm³/mol. The lowest BCUT2D eigenvalue weighted by Crippen LogP contribution is -2.43. The highest BCUT2D eigenvalue weighted by Crippen LogP contribution is 2.36. The first kappa shape index (κ1) is 16.5. The van der Waals surface area contributed by atoms with Crippen molar-refractivity contribution in [2.75, 3.05) is 20.1 Å². The van der Waals surface area contributed by atoms with Crippen molar-refractivity contribution in [3.8, 4) is 0 Å². The summed E-state index contributed by atoms with van der Waals surface area (Å²) in [7, 11) is -1.59. The quantitative estimate of drug-likeness (QED) is 0.901. The summed E-state index contributed by atoms with van der Waals surface area (Å²) in [6.07, 6.45) is 1.72. The molecule has 1 saturated heterocycles. The Bertz CT molecular complexity index is 566. The van der Waals surface area contributed by atoms with Crippen molar-refractivity contribution in [2.24, 2.45) is 5.92 Å². The van der Waals surface area contributed by atoms with E-state index in [-0.39, 0.29) is 9.23 Å². The van der Waals surface area contributed by atoms with Gasteiger partial charge < -0.3 is 5.32 Å². The molecule has 1 aliphatic heterocycles. The van der Waals surface area contributed by atoms with Crippen LogP contribution < -0.4 is 5.32 Å². The van der Waals surface area contributed by atoms with Crippen molar-refractivity contribution in [1.29, 1.82) is 0 Å². The first-order chi connectivity index (χ1) is 9.36. The maximum atomic E-state index is 12.5. The summed E-state index contributed by atoms with van der Waals surface area (Å²) >= 11 is 12.9. The summed E-state index contributed by atoms with van der Waals surface area (Å²) in [4.78, 5) is 0.134. The fourth-order valence-electron chi connectivity index (χ4n) is 2.49. The van der Waals surface area contributed by atoms with E-state index in [0.29, 0.717) is 29.4 Å². The molecule has 0 radical (unpaired) electrons. The zero-order chi connectivity index (χ0) is 14.9. The van der Waals surface area contributed by atoms with Crippen LogP contribution in [-0.4, -0.2) is 38.9 Å². The third-order valence-corrected chi connectivity index (χ3v) is 7.56. The summed E-state index contributed by atoms with van der Waals surface area (Å²) in [5.74, 6) is 0.507. The van der Waals surface area contributed by atoms with Gasteiger partial charge in [-0.15, -0.1) is 11.3 Å². The Labute approximate surface area is 134 Å². The molecule has 1 N–H and O–H groups in total. The molecular formula is C12H18Cl2N2O2S2. The van der Waals surface area contributed by atoms with Crippen molar-refractivity contribution < 1.29 is 8.42 Å². The van der Waals surface area contributed by atoms with Crippen LogP contribution in [0.5, 0.6) is 0 Å². The van der Waals surface area contributed by atoms with Crippen LogP contribution in [0.3, 0.4) is 0 Å². The van der Waals surface area contributed by atoms with Crippen molar-refractivity contribution >= 4 is 44.6 Å². The van der Waals surface area contributed by atoms with Gasteiger partial charge in [0.05, 0.1) is 4.34 Å². The second-order valence-electron chi connectivity index (χ2n) is 5.01. The zero-order valence-corrected chi connectivity index (χ0v) is 14.5. The number of thiophene rings is 1. The third-order valence-electron chi connectivity index (χ3n) is 3.90. The van der Waals surface area contributed by atoms with Crippen molar-refractivity contribution in [3.05, 3.63) is 14.7 Å². The summed E-state index contributed by atoms with van der Waals surface area (Å²) in [6, 6.07) is 1.84. The number of sulfonamides is 1. The standard InChI is InChI=1S/C12H18Cl2N2O2S2/c1-8(15-2)9-3-5-16(6-4-9)20(17,18)10-7-11(13)19-12(10)14/h7-9,15H,3-6H2,1-2H3. The van der Waals surface area contributed by atoms with Crippen LogP contribution in [0.25, 0.3) is 0 Å². The normalized spacial score (nSPS) is 20.2. The van der Waals surface area contributed by atoms with E-state index < -0.39 is 10.0 Å². The molecule has 1 aliphatic rings. The Morgan fingerprint density at radius 2 is 2.00 bits per heavy atom. The highest BCUT2D eigenvalue weighted by atomic mass is 35.5. The van der Waals surface area contributed by atoms with E-state index in [1.54, 1.807) is 0 Å². The van der Waals surface area contributed by atoms with Gasteiger partial charge in [-0.1, -0.05) is 23.2 Å². The summed E-state index contributed by atoms with van der Waals surface area (Å²) in [6.45, 7) is 3.19. The molecule has 114 valence electrons. The van der Waals surface area contributed by atoms with Gasteiger partial charge in [0.2, 0.25) is 10.0 Å². The average molecular weight is 357 g/mol. The lowest BCUT2D eigenvalue weighted by molar-refractivity contribution is 0.236. The van der Waals surface area contributed by atoms with E-state index in [1.807, 2.05) is 7.05 Å². The number of hydrogen-bond acceptors (Lipinski definition) is 4. The molecule has 1 fully saturated rings. The predicted octanol–water partition coefficient (Wildman–Crippen LogP) is 3.06. The Morgan fingerprint density at radius 1 is 1.40 bits per heavy atom. The van der Waals surface area contributed by atoms with Crippen LogP contribution >= 0.6 is 34.5 Å². The SMILES string of the molecule is CNC(C)C1CCN(S(=O)(=O)c2cc(Cl)sc2Cl)CC1. The number of hydrogen-bond donors (Lipinski definition) is 1. The third kappa shape index (κ3) is 3.31. The second kappa shape index (κ2) is 6.50. The summed E-state index contributed by atoms with van der Waals surface area (Å²) < 4.78 is 27.2. The Balaban J connectivity index is 2.12. The number of nitrogens with zero attached hydrogens (tertiary/aromatic N) is 1. The molecular weight excluding hydrogens is 339 g/mol. The molecule has 0 aliphatic carbocycles. The molecule has 0 spiro atoms. The monoisotopic (exact) mass is 356 g/mol. The minimum Gasteiger partial charge on any atom is -0.317 e. The molecule has 1 atom stereocenters. The van der Waals surface area contributed by atoms with Gasteiger partial charge in [-0.25, -0.2) is 8.42 Å². The fourth-order valence-corrected chi connectivity index (χ4v) is 6.07. The Kier molecular flexibility index (Phi) is 5.37. The maximum absolute atomic E-state index is 12.5. The highest BCUT2D eigenvalue weighted by molar-refractivity contribution is 7.89. The number of piperidine rings is 1. The van der Waals surface area contributed by atoms with Crippen LogP contribution in [0, 0.1) is 5.92 Å². The Morgan fingerprint density at radius 3 is 2.45 bits per heavy atom. The number of nitrogens with one attached hydrogen (secondary N) is 1. The largest absolute Gasteiger partial charge is 0.317 e. The lowest BCUT2D eigenvalue weighted by atomic mass is 9.91. The van der Waals surface area contributed by atoms with E-state index in [2.05, 4.69) is 12.2 Å². The van der Waals surface area contributed by atoms with Gasteiger partial charge >= 0.3 is 0 Å². The molecule has 1 aromatic heterocycles. The molecule has 0 bridgehead atoms. The summed E-state index contributed by atoms with van der Waals surface area (Å²) in [5.41, 5.74) is 0. The van der Waals surface area contributed by atoms with Crippen LogP contribution in [-0.2, 0) is 10.0 Å². The van der Waals surface area contributed by atoms with Gasteiger partial charge in [0.25, 0.3) is 0 Å². The van der Waals surface area contributed by atoms with Gasteiger partial charge in [-0.3, -0.25) is 0 Å². The van der Waals surface area contributed by atoms with Gasteiger partial charge in [0, 0.05) is 19.1 Å². The van der Waals surface area contributed by atoms with Crippen LogP contribution in [0.2, 0.25) is 8.67 Å². The molecule has 2 heterocycles. The molecule has 2 rings (SSSR count). The van der Waals surface area contributed by atoms with Crippen LogP contribution in [0.4, 0.5) is 0 Å². The number of halogens is 2. The van der Waals surface area contributed by atoms with Crippen molar-refractivity contribution in [3.63, 3.8) is 0 Å². The van der Waals surface area contributed by atoms with E-state index in [9.17, 15) is 8.42 Å². The average Bonchev–Trinajstić information content (AvgIpc) is 2.77. The fraction of sp³-hybridized carbons (Fsp3) is 0.667. The molecule has 0 amide bonds. The lowest BCUT2D eigenvalue weighted by Gasteiger charge is -2.33. The maximum Gasteiger partial charge on any atom is 0.245 e. The molecule has 0 aromatic carbocycles. The zero-order valence-electron chi connectivity index (χ0n) is 11.4. The second-order valence-corrected chi connectivity index (χ2v) is 9.20. The van der Waals surface area contributed by atoms with E-state index in [0.717, 1.165) is 24.2 Å². The van der Waals surface area contributed by atoms with Gasteiger partial charge in [-0.2, -0.15) is 4.31 Å². The summed E-state index contributed by atoms with van der Waals surface area (Å²) in [5, 5.41) is 3.23. The van der Waals surface area contributed by atoms with Gasteiger partial charge in [0.15, 0.2) is 0 Å².